The van der Waals surface area contributed by atoms with Crippen molar-refractivity contribution in [1.82, 2.24) is 4.98 Å². The molecule has 0 aliphatic heterocycles. The quantitative estimate of drug-likeness (QED) is 0.811. The van der Waals surface area contributed by atoms with E-state index in [9.17, 15) is 17.6 Å². The normalized spacial score (nSPS) is 11.6. The Hall–Kier alpha value is -1.37. The third-order valence-corrected chi connectivity index (χ3v) is 1.68. The van der Waals surface area contributed by atoms with Crippen molar-refractivity contribution in [1.29, 1.82) is 0 Å². The fourth-order valence-electron chi connectivity index (χ4n) is 1.01. The van der Waals surface area contributed by atoms with Gasteiger partial charge in [-0.25, -0.2) is 4.39 Å². The highest BCUT2D eigenvalue weighted by Crippen LogP contribution is 2.19. The Morgan fingerprint density at radius 3 is 2.56 bits per heavy atom. The lowest BCUT2D eigenvalue weighted by molar-refractivity contribution is -0.153. The number of hydrogen-bond donors (Lipinski definition) is 1. The number of hydrogen-bond acceptors (Lipinski definition) is 3. The van der Waals surface area contributed by atoms with Crippen LogP contribution in [0, 0.1) is 5.82 Å². The summed E-state index contributed by atoms with van der Waals surface area (Å²) in [6.07, 6.45) is -3.18. The van der Waals surface area contributed by atoms with E-state index in [0.717, 1.165) is 12.3 Å². The highest BCUT2D eigenvalue weighted by Gasteiger charge is 2.28. The van der Waals surface area contributed by atoms with Crippen LogP contribution >= 0.6 is 0 Å². The van der Waals surface area contributed by atoms with E-state index >= 15 is 0 Å². The lowest BCUT2D eigenvalue weighted by atomic mass is 10.2. The minimum absolute atomic E-state index is 0.113. The monoisotopic (exact) mass is 238 g/mol. The van der Waals surface area contributed by atoms with Gasteiger partial charge < -0.3 is 10.5 Å². The van der Waals surface area contributed by atoms with Gasteiger partial charge in [-0.3, -0.25) is 4.98 Å². The molecule has 2 N–H and O–H groups in total. The predicted octanol–water partition coefficient (Wildman–Crippen LogP) is 1.66. The van der Waals surface area contributed by atoms with Crippen molar-refractivity contribution in [2.45, 2.75) is 12.6 Å². The molecule has 0 saturated heterocycles. The van der Waals surface area contributed by atoms with E-state index in [1.807, 2.05) is 0 Å². The molecule has 0 unspecified atom stereocenters. The number of nitrogens with zero attached hydrogens (tertiary/aromatic N) is 1. The molecule has 90 valence electrons. The Kier molecular flexibility index (Phi) is 4.05. The topological polar surface area (TPSA) is 48.1 Å². The average molecular weight is 238 g/mol. The molecule has 1 heterocycles. The van der Waals surface area contributed by atoms with Gasteiger partial charge in [0, 0.05) is 12.5 Å². The zero-order valence-electron chi connectivity index (χ0n) is 8.22. The summed E-state index contributed by atoms with van der Waals surface area (Å²) in [5.74, 6) is -0.972. The second-order valence-corrected chi connectivity index (χ2v) is 3.04. The molecule has 16 heavy (non-hydrogen) atoms. The van der Waals surface area contributed by atoms with Crippen molar-refractivity contribution in [3.63, 3.8) is 0 Å². The molecule has 1 aromatic rings. The van der Waals surface area contributed by atoms with E-state index in [1.54, 1.807) is 0 Å². The standard InChI is InChI=1S/C9H10F4N2O/c10-7-3-6(16-5-9(11,12)13)4-15-8(7)1-2-14/h3-4H,1-2,5,14H2. The molecule has 3 nitrogen and oxygen atoms in total. The van der Waals surface area contributed by atoms with E-state index in [4.69, 9.17) is 5.73 Å². The van der Waals surface area contributed by atoms with Crippen molar-refractivity contribution < 1.29 is 22.3 Å². The minimum atomic E-state index is -4.45. The van der Waals surface area contributed by atoms with Crippen LogP contribution < -0.4 is 10.5 Å². The number of pyridine rings is 1. The molecule has 0 spiro atoms. The molecule has 7 heteroatoms. The molecule has 0 bridgehead atoms. The lowest BCUT2D eigenvalue weighted by Gasteiger charge is -2.09. The van der Waals surface area contributed by atoms with Gasteiger partial charge >= 0.3 is 6.18 Å². The summed E-state index contributed by atoms with van der Waals surface area (Å²) in [6.45, 7) is -1.25. The zero-order chi connectivity index (χ0) is 12.2. The minimum Gasteiger partial charge on any atom is -0.482 e. The molecule has 0 amide bonds. The molecular formula is C9H10F4N2O. The van der Waals surface area contributed by atoms with Crippen LogP contribution in [0.4, 0.5) is 17.6 Å². The summed E-state index contributed by atoms with van der Waals surface area (Å²) in [5.41, 5.74) is 5.31. The molecule has 0 aromatic carbocycles. The molecular weight excluding hydrogens is 228 g/mol. The van der Waals surface area contributed by atoms with Gasteiger partial charge in [-0.05, 0) is 6.54 Å². The van der Waals surface area contributed by atoms with E-state index in [2.05, 4.69) is 9.72 Å². The average Bonchev–Trinajstić information content (AvgIpc) is 2.18. The van der Waals surface area contributed by atoms with E-state index < -0.39 is 18.6 Å². The molecule has 1 rings (SSSR count). The van der Waals surface area contributed by atoms with Gasteiger partial charge in [0.2, 0.25) is 0 Å². The van der Waals surface area contributed by atoms with Crippen LogP contribution in [0.3, 0.4) is 0 Å². The van der Waals surface area contributed by atoms with Gasteiger partial charge in [0.25, 0.3) is 0 Å². The first-order valence-electron chi connectivity index (χ1n) is 4.46. The molecule has 0 fully saturated rings. The third kappa shape index (κ3) is 4.01. The summed E-state index contributed by atoms with van der Waals surface area (Å²) in [5, 5.41) is 0. The summed E-state index contributed by atoms with van der Waals surface area (Å²) in [4.78, 5) is 3.62. The molecule has 0 atom stereocenters. The van der Waals surface area contributed by atoms with Gasteiger partial charge in [-0.1, -0.05) is 0 Å². The Labute approximate surface area is 89.2 Å². The maximum atomic E-state index is 13.2. The number of alkyl halides is 3. The number of halogens is 4. The van der Waals surface area contributed by atoms with Crippen molar-refractivity contribution in [2.75, 3.05) is 13.2 Å². The Morgan fingerprint density at radius 1 is 1.38 bits per heavy atom. The summed E-state index contributed by atoms with van der Waals surface area (Å²) >= 11 is 0. The van der Waals surface area contributed by atoms with Crippen molar-refractivity contribution in [3.8, 4) is 5.75 Å². The lowest BCUT2D eigenvalue weighted by Crippen LogP contribution is -2.19. The van der Waals surface area contributed by atoms with E-state index in [1.165, 1.54) is 0 Å². The SMILES string of the molecule is NCCc1ncc(OCC(F)(F)F)cc1F. The van der Waals surface area contributed by atoms with Crippen LogP contribution in [0.15, 0.2) is 12.3 Å². The third-order valence-electron chi connectivity index (χ3n) is 1.68. The molecule has 0 aliphatic rings. The Morgan fingerprint density at radius 2 is 2.06 bits per heavy atom. The largest absolute Gasteiger partial charge is 0.482 e. The van der Waals surface area contributed by atoms with Crippen molar-refractivity contribution in [2.24, 2.45) is 5.73 Å². The first-order valence-corrected chi connectivity index (χ1v) is 4.46. The van der Waals surface area contributed by atoms with Gasteiger partial charge in [0.05, 0.1) is 11.9 Å². The number of nitrogens with two attached hydrogens (primary N) is 1. The van der Waals surface area contributed by atoms with Gasteiger partial charge in [-0.15, -0.1) is 0 Å². The molecule has 0 aliphatic carbocycles. The number of aromatic nitrogens is 1. The first kappa shape index (κ1) is 12.7. The molecule has 1 aromatic heterocycles. The van der Waals surface area contributed by atoms with Crippen LogP contribution in [-0.2, 0) is 6.42 Å². The molecule has 0 saturated carbocycles. The predicted molar refractivity (Wildman–Crippen MR) is 48.5 cm³/mol. The smallest absolute Gasteiger partial charge is 0.422 e. The van der Waals surface area contributed by atoms with Gasteiger partial charge in [-0.2, -0.15) is 13.2 Å². The van der Waals surface area contributed by atoms with Crippen molar-refractivity contribution >= 4 is 0 Å². The second kappa shape index (κ2) is 5.11. The first-order chi connectivity index (χ1) is 7.42. The summed E-state index contributed by atoms with van der Waals surface area (Å²) in [6, 6.07) is 0.865. The van der Waals surface area contributed by atoms with Crippen LogP contribution in [0.5, 0.6) is 5.75 Å². The number of ether oxygens (including phenoxy) is 1. The summed E-state index contributed by atoms with van der Waals surface area (Å²) < 4.78 is 52.9. The van der Waals surface area contributed by atoms with Gasteiger partial charge in [0.15, 0.2) is 6.61 Å². The fourth-order valence-corrected chi connectivity index (χ4v) is 1.01. The fraction of sp³-hybridized carbons (Fsp3) is 0.444. The van der Waals surface area contributed by atoms with Crippen molar-refractivity contribution in [3.05, 3.63) is 23.8 Å². The highest BCUT2D eigenvalue weighted by atomic mass is 19.4. The van der Waals surface area contributed by atoms with Crippen LogP contribution in [0.25, 0.3) is 0 Å². The maximum Gasteiger partial charge on any atom is 0.422 e. The zero-order valence-corrected chi connectivity index (χ0v) is 8.22. The Balaban J connectivity index is 2.66. The maximum absolute atomic E-state index is 13.2. The Bertz CT molecular complexity index is 354. The van der Waals surface area contributed by atoms with E-state index in [-0.39, 0.29) is 24.4 Å². The van der Waals surface area contributed by atoms with E-state index in [0.29, 0.717) is 0 Å². The molecule has 0 radical (unpaired) electrons. The van der Waals surface area contributed by atoms with Gasteiger partial charge in [0.1, 0.15) is 11.6 Å². The van der Waals surface area contributed by atoms with Crippen LogP contribution in [0.2, 0.25) is 0 Å². The van der Waals surface area contributed by atoms with Crippen LogP contribution in [0.1, 0.15) is 5.69 Å². The number of rotatable bonds is 4. The summed E-state index contributed by atoms with van der Waals surface area (Å²) in [7, 11) is 0. The highest BCUT2D eigenvalue weighted by molar-refractivity contribution is 5.22. The second-order valence-electron chi connectivity index (χ2n) is 3.04. The van der Waals surface area contributed by atoms with Crippen LogP contribution in [-0.4, -0.2) is 24.3 Å².